The van der Waals surface area contributed by atoms with Crippen LogP contribution in [0.25, 0.3) is 11.3 Å². The molecule has 9 nitrogen and oxygen atoms in total. The number of ether oxygens (including phenoxy) is 2. The highest BCUT2D eigenvalue weighted by Crippen LogP contribution is 2.34. The van der Waals surface area contributed by atoms with Crippen LogP contribution in [0.4, 0.5) is 16.5 Å². The number of rotatable bonds is 7. The first-order valence-corrected chi connectivity index (χ1v) is 11.4. The van der Waals surface area contributed by atoms with E-state index in [4.69, 9.17) is 9.47 Å². The van der Waals surface area contributed by atoms with Gasteiger partial charge in [0, 0.05) is 35.7 Å². The number of nitro groups is 1. The van der Waals surface area contributed by atoms with E-state index in [0.717, 1.165) is 37.9 Å². The van der Waals surface area contributed by atoms with Crippen LogP contribution in [0.5, 0.6) is 11.5 Å². The fraction of sp³-hybridized carbons (Fsp3) is 0.304. The number of piperidine rings is 1. The van der Waals surface area contributed by atoms with E-state index in [-0.39, 0.29) is 11.3 Å². The molecular formula is C23H24N4O5S. The minimum atomic E-state index is -0.448. The number of aromatic nitrogens is 1. The van der Waals surface area contributed by atoms with Crippen LogP contribution in [0.15, 0.2) is 41.8 Å². The Morgan fingerprint density at radius 2 is 1.85 bits per heavy atom. The lowest BCUT2D eigenvalue weighted by atomic mass is 10.1. The van der Waals surface area contributed by atoms with Crippen molar-refractivity contribution in [1.82, 2.24) is 4.98 Å². The fourth-order valence-electron chi connectivity index (χ4n) is 3.84. The van der Waals surface area contributed by atoms with Gasteiger partial charge in [-0.15, -0.1) is 11.3 Å². The van der Waals surface area contributed by atoms with Gasteiger partial charge in [-0.1, -0.05) is 0 Å². The summed E-state index contributed by atoms with van der Waals surface area (Å²) in [5.74, 6) is 0.741. The summed E-state index contributed by atoms with van der Waals surface area (Å²) in [4.78, 5) is 30.5. The van der Waals surface area contributed by atoms with E-state index in [1.54, 1.807) is 32.4 Å². The first kappa shape index (κ1) is 22.5. The molecule has 1 aliphatic rings. The third-order valence-corrected chi connectivity index (χ3v) is 6.29. The Balaban J connectivity index is 1.52. The van der Waals surface area contributed by atoms with Crippen LogP contribution in [0.3, 0.4) is 0 Å². The van der Waals surface area contributed by atoms with E-state index in [1.165, 1.54) is 17.4 Å². The average Bonchev–Trinajstić information content (AvgIpc) is 3.32. The normalized spacial score (nSPS) is 13.5. The monoisotopic (exact) mass is 468 g/mol. The number of hydrogen-bond donors (Lipinski definition) is 1. The molecule has 1 aliphatic heterocycles. The number of nitro benzene ring substituents is 1. The average molecular weight is 469 g/mol. The van der Waals surface area contributed by atoms with E-state index >= 15 is 0 Å². The molecule has 0 saturated carbocycles. The molecule has 2 aromatic carbocycles. The van der Waals surface area contributed by atoms with Gasteiger partial charge in [-0.25, -0.2) is 4.98 Å². The highest BCUT2D eigenvalue weighted by Gasteiger charge is 2.23. The van der Waals surface area contributed by atoms with Gasteiger partial charge in [0.15, 0.2) is 16.6 Å². The van der Waals surface area contributed by atoms with Gasteiger partial charge >= 0.3 is 0 Å². The van der Waals surface area contributed by atoms with Crippen molar-refractivity contribution < 1.29 is 19.2 Å². The molecule has 1 aromatic heterocycles. The Kier molecular flexibility index (Phi) is 6.74. The molecule has 0 bridgehead atoms. The highest BCUT2D eigenvalue weighted by molar-refractivity contribution is 7.14. The SMILES string of the molecule is COc1ccc(-c2csc(NC(=O)c3ccc(N4CCCCC4)c([N+](=O)[O-])c3)n2)cc1OC. The number of nitrogens with one attached hydrogen (secondary N) is 1. The minimum Gasteiger partial charge on any atom is -0.493 e. The van der Waals surface area contributed by atoms with Crippen LogP contribution in [0.1, 0.15) is 29.6 Å². The Morgan fingerprint density at radius 1 is 1.09 bits per heavy atom. The summed E-state index contributed by atoms with van der Waals surface area (Å²) in [5.41, 5.74) is 2.19. The van der Waals surface area contributed by atoms with E-state index in [9.17, 15) is 14.9 Å². The maximum atomic E-state index is 12.8. The lowest BCUT2D eigenvalue weighted by Crippen LogP contribution is -2.30. The predicted octanol–water partition coefficient (Wildman–Crippen LogP) is 4.98. The predicted molar refractivity (Wildman–Crippen MR) is 128 cm³/mol. The second kappa shape index (κ2) is 9.86. The smallest absolute Gasteiger partial charge is 0.293 e. The van der Waals surface area contributed by atoms with Crippen molar-refractivity contribution in [1.29, 1.82) is 0 Å². The quantitative estimate of drug-likeness (QED) is 0.385. The summed E-state index contributed by atoms with van der Waals surface area (Å²) in [6, 6.07) is 10.1. The fourth-order valence-corrected chi connectivity index (χ4v) is 4.56. The molecule has 0 aliphatic carbocycles. The van der Waals surface area contributed by atoms with Crippen molar-refractivity contribution >= 4 is 33.8 Å². The van der Waals surface area contributed by atoms with Crippen molar-refractivity contribution in [3.63, 3.8) is 0 Å². The molecule has 0 spiro atoms. The first-order chi connectivity index (χ1) is 16.0. The summed E-state index contributed by atoms with van der Waals surface area (Å²) in [7, 11) is 3.13. The van der Waals surface area contributed by atoms with Crippen molar-refractivity contribution in [2.24, 2.45) is 0 Å². The number of methoxy groups -OCH3 is 2. The van der Waals surface area contributed by atoms with Gasteiger partial charge in [-0.05, 0) is 49.6 Å². The Bertz CT molecular complexity index is 1170. The van der Waals surface area contributed by atoms with Gasteiger partial charge < -0.3 is 14.4 Å². The molecule has 10 heteroatoms. The molecular weight excluding hydrogens is 444 g/mol. The highest BCUT2D eigenvalue weighted by atomic mass is 32.1. The zero-order valence-corrected chi connectivity index (χ0v) is 19.2. The second-order valence-electron chi connectivity index (χ2n) is 7.57. The van der Waals surface area contributed by atoms with Gasteiger partial charge in [0.25, 0.3) is 11.6 Å². The molecule has 1 amide bonds. The molecule has 33 heavy (non-hydrogen) atoms. The number of hydrogen-bond acceptors (Lipinski definition) is 8. The number of anilines is 2. The third kappa shape index (κ3) is 4.90. The molecule has 4 rings (SSSR count). The Labute approximate surface area is 195 Å². The van der Waals surface area contributed by atoms with Crippen LogP contribution >= 0.6 is 11.3 Å². The molecule has 0 unspecified atom stereocenters. The van der Waals surface area contributed by atoms with Gasteiger partial charge in [0.2, 0.25) is 0 Å². The van der Waals surface area contributed by atoms with E-state index in [1.807, 2.05) is 22.4 Å². The van der Waals surface area contributed by atoms with E-state index < -0.39 is 10.8 Å². The molecule has 0 radical (unpaired) electrons. The largest absolute Gasteiger partial charge is 0.493 e. The Hall–Kier alpha value is -3.66. The van der Waals surface area contributed by atoms with Crippen LogP contribution in [-0.2, 0) is 0 Å². The van der Waals surface area contributed by atoms with Gasteiger partial charge in [0.05, 0.1) is 24.8 Å². The van der Waals surface area contributed by atoms with Crippen molar-refractivity contribution in [2.75, 3.05) is 37.5 Å². The van der Waals surface area contributed by atoms with E-state index in [0.29, 0.717) is 28.0 Å². The summed E-state index contributed by atoms with van der Waals surface area (Å²) < 4.78 is 10.6. The number of thiazole rings is 1. The zero-order chi connectivity index (χ0) is 23.4. The molecule has 1 N–H and O–H groups in total. The van der Waals surface area contributed by atoms with Crippen molar-refractivity contribution in [3.8, 4) is 22.8 Å². The lowest BCUT2D eigenvalue weighted by Gasteiger charge is -2.28. The van der Waals surface area contributed by atoms with Crippen LogP contribution in [0.2, 0.25) is 0 Å². The second-order valence-corrected chi connectivity index (χ2v) is 8.43. The third-order valence-electron chi connectivity index (χ3n) is 5.54. The first-order valence-electron chi connectivity index (χ1n) is 10.5. The number of nitrogens with zero attached hydrogens (tertiary/aromatic N) is 3. The van der Waals surface area contributed by atoms with Gasteiger partial charge in [-0.3, -0.25) is 20.2 Å². The topological polar surface area (TPSA) is 107 Å². The summed E-state index contributed by atoms with van der Waals surface area (Å²) in [6.07, 6.45) is 3.14. The summed E-state index contributed by atoms with van der Waals surface area (Å²) >= 11 is 1.27. The maximum absolute atomic E-state index is 12.8. The molecule has 1 fully saturated rings. The van der Waals surface area contributed by atoms with Crippen LogP contribution in [-0.4, -0.2) is 43.1 Å². The zero-order valence-electron chi connectivity index (χ0n) is 18.4. The van der Waals surface area contributed by atoms with Crippen molar-refractivity contribution in [3.05, 3.63) is 57.5 Å². The molecule has 3 aromatic rings. The van der Waals surface area contributed by atoms with Gasteiger partial charge in [-0.2, -0.15) is 0 Å². The van der Waals surface area contributed by atoms with Crippen LogP contribution < -0.4 is 19.7 Å². The molecule has 0 atom stereocenters. The number of benzene rings is 2. The molecule has 1 saturated heterocycles. The number of amides is 1. The molecule has 2 heterocycles. The lowest BCUT2D eigenvalue weighted by molar-refractivity contribution is -0.384. The number of carbonyl (C=O) groups excluding carboxylic acids is 1. The summed E-state index contributed by atoms with van der Waals surface area (Å²) in [6.45, 7) is 1.56. The van der Waals surface area contributed by atoms with E-state index in [2.05, 4.69) is 10.3 Å². The van der Waals surface area contributed by atoms with Crippen molar-refractivity contribution in [2.45, 2.75) is 19.3 Å². The summed E-state index contributed by atoms with van der Waals surface area (Å²) in [5, 5.41) is 16.6. The maximum Gasteiger partial charge on any atom is 0.293 e. The number of carbonyl (C=O) groups is 1. The standard InChI is InChI=1S/C23H24N4O5S/c1-31-20-9-7-15(13-21(20)32-2)17-14-33-23(24-17)25-22(28)16-6-8-18(19(12-16)27(29)30)26-10-4-3-5-11-26/h6-9,12-14H,3-5,10-11H2,1-2H3,(H,24,25,28). The minimum absolute atomic E-state index is 0.0605. The van der Waals surface area contributed by atoms with Crippen LogP contribution in [0, 0.1) is 10.1 Å². The molecule has 172 valence electrons. The van der Waals surface area contributed by atoms with Gasteiger partial charge in [0.1, 0.15) is 5.69 Å². The Morgan fingerprint density at radius 3 is 2.55 bits per heavy atom.